The van der Waals surface area contributed by atoms with E-state index in [1.54, 1.807) is 29.5 Å². The molecule has 0 fully saturated rings. The molecule has 118 valence electrons. The van der Waals surface area contributed by atoms with Gasteiger partial charge >= 0.3 is 0 Å². The van der Waals surface area contributed by atoms with E-state index in [-0.39, 0.29) is 11.3 Å². The number of nitrogens with zero attached hydrogens (tertiary/aromatic N) is 5. The van der Waals surface area contributed by atoms with Crippen molar-refractivity contribution in [1.29, 1.82) is 5.26 Å². The SMILES string of the molecule is N#Cc1cc([N+](=O)[O-])ccc1NCc1ccnc(-n2ccnc2)c1. The van der Waals surface area contributed by atoms with Gasteiger partial charge in [-0.1, -0.05) is 0 Å². The molecule has 2 aromatic heterocycles. The van der Waals surface area contributed by atoms with Gasteiger partial charge < -0.3 is 5.32 Å². The van der Waals surface area contributed by atoms with E-state index in [9.17, 15) is 10.1 Å². The lowest BCUT2D eigenvalue weighted by molar-refractivity contribution is -0.384. The van der Waals surface area contributed by atoms with Crippen molar-refractivity contribution < 1.29 is 4.92 Å². The highest BCUT2D eigenvalue weighted by molar-refractivity contribution is 5.61. The lowest BCUT2D eigenvalue weighted by Crippen LogP contribution is -2.03. The lowest BCUT2D eigenvalue weighted by atomic mass is 10.1. The van der Waals surface area contributed by atoms with E-state index in [4.69, 9.17) is 5.26 Å². The number of aromatic nitrogens is 3. The molecule has 8 nitrogen and oxygen atoms in total. The van der Waals surface area contributed by atoms with Gasteiger partial charge in [0.1, 0.15) is 18.2 Å². The molecule has 0 aliphatic heterocycles. The van der Waals surface area contributed by atoms with Gasteiger partial charge in [-0.25, -0.2) is 9.97 Å². The third-order valence-corrected chi connectivity index (χ3v) is 3.40. The van der Waals surface area contributed by atoms with E-state index in [0.29, 0.717) is 12.2 Å². The normalized spacial score (nSPS) is 10.1. The number of nitro benzene ring substituents is 1. The summed E-state index contributed by atoms with van der Waals surface area (Å²) in [4.78, 5) is 18.5. The summed E-state index contributed by atoms with van der Waals surface area (Å²) in [7, 11) is 0. The second-order valence-corrected chi connectivity index (χ2v) is 4.94. The Labute approximate surface area is 137 Å². The van der Waals surface area contributed by atoms with Crippen LogP contribution >= 0.6 is 0 Å². The maximum Gasteiger partial charge on any atom is 0.270 e. The van der Waals surface area contributed by atoms with E-state index in [1.807, 2.05) is 18.2 Å². The topological polar surface area (TPSA) is 110 Å². The van der Waals surface area contributed by atoms with Gasteiger partial charge in [0.05, 0.1) is 16.2 Å². The van der Waals surface area contributed by atoms with Crippen LogP contribution in [0.2, 0.25) is 0 Å². The molecule has 2 heterocycles. The minimum Gasteiger partial charge on any atom is -0.380 e. The molecule has 1 aromatic carbocycles. The molecule has 8 heteroatoms. The third kappa shape index (κ3) is 3.20. The van der Waals surface area contributed by atoms with Crippen LogP contribution in [0, 0.1) is 21.4 Å². The number of hydrogen-bond acceptors (Lipinski definition) is 6. The Morgan fingerprint density at radius 1 is 1.29 bits per heavy atom. The third-order valence-electron chi connectivity index (χ3n) is 3.40. The number of nitriles is 1. The molecule has 0 radical (unpaired) electrons. The number of nitrogens with one attached hydrogen (secondary N) is 1. The predicted molar refractivity (Wildman–Crippen MR) is 86.5 cm³/mol. The Kier molecular flexibility index (Phi) is 4.16. The Hall–Kier alpha value is -3.73. The first-order valence-corrected chi connectivity index (χ1v) is 7.03. The maximum absolute atomic E-state index is 10.8. The van der Waals surface area contributed by atoms with E-state index < -0.39 is 4.92 Å². The molecule has 0 bridgehead atoms. The van der Waals surface area contributed by atoms with Crippen LogP contribution in [0.3, 0.4) is 0 Å². The molecule has 0 amide bonds. The highest BCUT2D eigenvalue weighted by atomic mass is 16.6. The number of non-ortho nitro benzene ring substituents is 1. The zero-order chi connectivity index (χ0) is 16.9. The van der Waals surface area contributed by atoms with Crippen LogP contribution in [0.5, 0.6) is 0 Å². The van der Waals surface area contributed by atoms with Crippen molar-refractivity contribution in [3.63, 3.8) is 0 Å². The summed E-state index contributed by atoms with van der Waals surface area (Å²) >= 11 is 0. The van der Waals surface area contributed by atoms with E-state index >= 15 is 0 Å². The van der Waals surface area contributed by atoms with Crippen LogP contribution in [0.4, 0.5) is 11.4 Å². The second kappa shape index (κ2) is 6.58. The van der Waals surface area contributed by atoms with Gasteiger partial charge in [-0.05, 0) is 23.8 Å². The monoisotopic (exact) mass is 320 g/mol. The number of benzene rings is 1. The van der Waals surface area contributed by atoms with Gasteiger partial charge in [-0.15, -0.1) is 0 Å². The largest absolute Gasteiger partial charge is 0.380 e. The first-order valence-electron chi connectivity index (χ1n) is 7.03. The first-order chi connectivity index (χ1) is 11.7. The molecule has 0 atom stereocenters. The van der Waals surface area contributed by atoms with Crippen LogP contribution in [0.15, 0.2) is 55.2 Å². The molecule has 0 saturated carbocycles. The molecular formula is C16H12N6O2. The second-order valence-electron chi connectivity index (χ2n) is 4.94. The Morgan fingerprint density at radius 3 is 2.88 bits per heavy atom. The molecule has 0 unspecified atom stereocenters. The van der Waals surface area contributed by atoms with Crippen LogP contribution in [-0.2, 0) is 6.54 Å². The van der Waals surface area contributed by atoms with E-state index in [0.717, 1.165) is 11.4 Å². The summed E-state index contributed by atoms with van der Waals surface area (Å²) in [5, 5.41) is 23.1. The fourth-order valence-electron chi connectivity index (χ4n) is 2.20. The molecule has 0 aliphatic carbocycles. The molecule has 3 aromatic rings. The summed E-state index contributed by atoms with van der Waals surface area (Å²) in [6.07, 6.45) is 6.81. The maximum atomic E-state index is 10.8. The van der Waals surface area contributed by atoms with Gasteiger partial charge in [-0.2, -0.15) is 5.26 Å². The van der Waals surface area contributed by atoms with Gasteiger partial charge in [-0.3, -0.25) is 14.7 Å². The van der Waals surface area contributed by atoms with Crippen molar-refractivity contribution in [2.75, 3.05) is 5.32 Å². The number of nitro groups is 1. The molecule has 3 rings (SSSR count). The minimum atomic E-state index is -0.523. The zero-order valence-electron chi connectivity index (χ0n) is 12.5. The number of rotatable bonds is 5. The fourth-order valence-corrected chi connectivity index (χ4v) is 2.20. The molecule has 24 heavy (non-hydrogen) atoms. The summed E-state index contributed by atoms with van der Waals surface area (Å²) in [6, 6.07) is 9.88. The van der Waals surface area contributed by atoms with Gasteiger partial charge in [0.15, 0.2) is 0 Å². The molecule has 1 N–H and O–H groups in total. The average molecular weight is 320 g/mol. The van der Waals surface area contributed by atoms with Gasteiger partial charge in [0, 0.05) is 37.3 Å². The Balaban J connectivity index is 1.78. The van der Waals surface area contributed by atoms with Crippen molar-refractivity contribution in [3.05, 3.63) is 76.5 Å². The molecule has 0 spiro atoms. The quantitative estimate of drug-likeness (QED) is 0.571. The fraction of sp³-hybridized carbons (Fsp3) is 0.0625. The summed E-state index contributed by atoms with van der Waals surface area (Å²) in [5.41, 5.74) is 1.62. The summed E-state index contributed by atoms with van der Waals surface area (Å²) in [6.45, 7) is 0.455. The van der Waals surface area contributed by atoms with Gasteiger partial charge in [0.2, 0.25) is 0 Å². The smallest absolute Gasteiger partial charge is 0.270 e. The first kappa shape index (κ1) is 15.2. The summed E-state index contributed by atoms with van der Waals surface area (Å²) < 4.78 is 1.79. The Bertz CT molecular complexity index is 915. The highest BCUT2D eigenvalue weighted by Gasteiger charge is 2.10. The van der Waals surface area contributed by atoms with Crippen LogP contribution in [-0.4, -0.2) is 19.5 Å². The Morgan fingerprint density at radius 2 is 2.17 bits per heavy atom. The van der Waals surface area contributed by atoms with Crippen molar-refractivity contribution in [2.24, 2.45) is 0 Å². The zero-order valence-corrected chi connectivity index (χ0v) is 12.5. The number of pyridine rings is 1. The molecular weight excluding hydrogens is 308 g/mol. The summed E-state index contributed by atoms with van der Waals surface area (Å²) in [5.74, 6) is 0.732. The lowest BCUT2D eigenvalue weighted by Gasteiger charge is -2.09. The minimum absolute atomic E-state index is 0.108. The van der Waals surface area contributed by atoms with Crippen molar-refractivity contribution >= 4 is 11.4 Å². The highest BCUT2D eigenvalue weighted by Crippen LogP contribution is 2.22. The number of anilines is 1. The average Bonchev–Trinajstić information content (AvgIpc) is 3.14. The van der Waals surface area contributed by atoms with Crippen LogP contribution in [0.25, 0.3) is 5.82 Å². The standard InChI is InChI=1S/C16H12N6O2/c17-9-13-8-14(22(23)24)1-2-15(13)20-10-12-3-4-19-16(7-12)21-6-5-18-11-21/h1-8,11,20H,10H2. The predicted octanol–water partition coefficient (Wildman–Crippen LogP) is 2.66. The number of imidazole rings is 1. The number of hydrogen-bond donors (Lipinski definition) is 1. The molecule has 0 aliphatic rings. The van der Waals surface area contributed by atoms with Crippen molar-refractivity contribution in [2.45, 2.75) is 6.54 Å². The van der Waals surface area contributed by atoms with Crippen LogP contribution in [0.1, 0.15) is 11.1 Å². The van der Waals surface area contributed by atoms with E-state index in [2.05, 4.69) is 15.3 Å². The van der Waals surface area contributed by atoms with E-state index in [1.165, 1.54) is 18.2 Å². The van der Waals surface area contributed by atoms with Gasteiger partial charge in [0.25, 0.3) is 5.69 Å². The van der Waals surface area contributed by atoms with Crippen molar-refractivity contribution in [1.82, 2.24) is 14.5 Å². The van der Waals surface area contributed by atoms with Crippen molar-refractivity contribution in [3.8, 4) is 11.9 Å². The van der Waals surface area contributed by atoms with Crippen LogP contribution < -0.4 is 5.32 Å². The molecule has 0 saturated heterocycles.